The van der Waals surface area contributed by atoms with Gasteiger partial charge in [-0.05, 0) is 11.1 Å². The molecule has 0 spiro atoms. The minimum absolute atomic E-state index is 0.0888. The minimum Gasteiger partial charge on any atom is -0.469 e. The van der Waals surface area contributed by atoms with Gasteiger partial charge in [0.1, 0.15) is 0 Å². The maximum absolute atomic E-state index is 12.6. The number of esters is 1. The van der Waals surface area contributed by atoms with Crippen LogP contribution in [0.3, 0.4) is 0 Å². The Labute approximate surface area is 96.4 Å². The summed E-state index contributed by atoms with van der Waals surface area (Å²) >= 11 is 5.59. The number of halogens is 3. The predicted molar refractivity (Wildman–Crippen MR) is 54.5 cm³/mol. The maximum atomic E-state index is 12.6. The number of nitrogens with zero attached hydrogens (tertiary/aromatic N) is 1. The number of pyridine rings is 1. The molecule has 3 nitrogen and oxygen atoms in total. The standard InChI is InChI=1S/C10H10ClF2NO2/c1-16-9(15)2-6-4-14-5-8(10(12)13)7(6)3-11/h4-5,10H,2-3H2,1H3. The third-order valence-corrected chi connectivity index (χ3v) is 2.38. The lowest BCUT2D eigenvalue weighted by Crippen LogP contribution is -2.09. The Morgan fingerprint density at radius 3 is 2.75 bits per heavy atom. The van der Waals surface area contributed by atoms with Crippen LogP contribution in [0.1, 0.15) is 23.1 Å². The van der Waals surface area contributed by atoms with E-state index in [9.17, 15) is 13.6 Å². The lowest BCUT2D eigenvalue weighted by Gasteiger charge is -2.10. The Balaban J connectivity index is 3.08. The molecule has 1 aromatic rings. The summed E-state index contributed by atoms with van der Waals surface area (Å²) < 4.78 is 29.7. The van der Waals surface area contributed by atoms with Gasteiger partial charge < -0.3 is 4.74 Å². The quantitative estimate of drug-likeness (QED) is 0.608. The number of alkyl halides is 3. The SMILES string of the molecule is COC(=O)Cc1cncc(C(F)F)c1CCl. The molecule has 0 unspecified atom stereocenters. The van der Waals surface area contributed by atoms with E-state index in [0.29, 0.717) is 5.56 Å². The van der Waals surface area contributed by atoms with E-state index in [0.717, 1.165) is 6.20 Å². The van der Waals surface area contributed by atoms with Crippen molar-refractivity contribution in [3.63, 3.8) is 0 Å². The van der Waals surface area contributed by atoms with E-state index in [2.05, 4.69) is 9.72 Å². The summed E-state index contributed by atoms with van der Waals surface area (Å²) in [6, 6.07) is 0. The van der Waals surface area contributed by atoms with Crippen LogP contribution in [-0.2, 0) is 21.8 Å². The van der Waals surface area contributed by atoms with Crippen molar-refractivity contribution in [2.75, 3.05) is 7.11 Å². The zero-order chi connectivity index (χ0) is 12.1. The molecule has 0 aromatic carbocycles. The largest absolute Gasteiger partial charge is 0.469 e. The van der Waals surface area contributed by atoms with Gasteiger partial charge in [-0.2, -0.15) is 0 Å². The molecule has 0 atom stereocenters. The van der Waals surface area contributed by atoms with Crippen LogP contribution in [0, 0.1) is 0 Å². The maximum Gasteiger partial charge on any atom is 0.310 e. The molecule has 0 radical (unpaired) electrons. The predicted octanol–water partition coefficient (Wildman–Crippen LogP) is 2.47. The van der Waals surface area contributed by atoms with Crippen LogP contribution < -0.4 is 0 Å². The Morgan fingerprint density at radius 1 is 1.56 bits per heavy atom. The summed E-state index contributed by atoms with van der Waals surface area (Å²) in [6.07, 6.45) is -0.352. The van der Waals surface area contributed by atoms with Crippen LogP contribution in [-0.4, -0.2) is 18.1 Å². The minimum atomic E-state index is -2.65. The van der Waals surface area contributed by atoms with Crippen LogP contribution in [0.5, 0.6) is 0 Å². The van der Waals surface area contributed by atoms with Gasteiger partial charge in [0.15, 0.2) is 0 Å². The molecule has 1 heterocycles. The smallest absolute Gasteiger partial charge is 0.310 e. The summed E-state index contributed by atoms with van der Waals surface area (Å²) in [4.78, 5) is 14.7. The van der Waals surface area contributed by atoms with Gasteiger partial charge in [0.2, 0.25) is 0 Å². The highest BCUT2D eigenvalue weighted by molar-refractivity contribution is 6.17. The Morgan fingerprint density at radius 2 is 2.25 bits per heavy atom. The van der Waals surface area contributed by atoms with E-state index < -0.39 is 12.4 Å². The third kappa shape index (κ3) is 2.88. The number of ether oxygens (including phenoxy) is 1. The summed E-state index contributed by atoms with van der Waals surface area (Å²) in [5, 5.41) is 0. The first-order valence-electron chi connectivity index (χ1n) is 4.46. The molecule has 1 aromatic heterocycles. The average molecular weight is 250 g/mol. The van der Waals surface area contributed by atoms with E-state index in [1.807, 2.05) is 0 Å². The summed E-state index contributed by atoms with van der Waals surface area (Å²) in [7, 11) is 1.23. The van der Waals surface area contributed by atoms with Gasteiger partial charge in [-0.3, -0.25) is 9.78 Å². The topological polar surface area (TPSA) is 39.2 Å². The second-order valence-electron chi connectivity index (χ2n) is 3.05. The van der Waals surface area contributed by atoms with Crippen LogP contribution in [0.25, 0.3) is 0 Å². The Kier molecular flexibility index (Phi) is 4.61. The Bertz CT molecular complexity index is 385. The fourth-order valence-electron chi connectivity index (χ4n) is 1.28. The average Bonchev–Trinajstić information content (AvgIpc) is 2.28. The van der Waals surface area contributed by atoms with Crippen molar-refractivity contribution in [3.05, 3.63) is 29.1 Å². The molecule has 0 saturated carbocycles. The molecule has 0 aliphatic carbocycles. The van der Waals surface area contributed by atoms with Gasteiger partial charge in [-0.15, -0.1) is 11.6 Å². The highest BCUT2D eigenvalue weighted by Crippen LogP contribution is 2.26. The van der Waals surface area contributed by atoms with Crippen molar-refractivity contribution in [3.8, 4) is 0 Å². The molecule has 0 aliphatic heterocycles. The first-order chi connectivity index (χ1) is 7.60. The van der Waals surface area contributed by atoms with E-state index >= 15 is 0 Å². The molecular weight excluding hydrogens is 240 g/mol. The molecule has 6 heteroatoms. The number of aromatic nitrogens is 1. The van der Waals surface area contributed by atoms with E-state index in [4.69, 9.17) is 11.6 Å². The van der Waals surface area contributed by atoms with Gasteiger partial charge in [0, 0.05) is 23.8 Å². The highest BCUT2D eigenvalue weighted by atomic mass is 35.5. The lowest BCUT2D eigenvalue weighted by molar-refractivity contribution is -0.139. The number of carbonyl (C=O) groups excluding carboxylic acids is 1. The number of carbonyl (C=O) groups is 1. The van der Waals surface area contributed by atoms with Gasteiger partial charge in [0.25, 0.3) is 6.43 Å². The highest BCUT2D eigenvalue weighted by Gasteiger charge is 2.17. The van der Waals surface area contributed by atoms with Crippen LogP contribution >= 0.6 is 11.6 Å². The second-order valence-corrected chi connectivity index (χ2v) is 3.32. The molecule has 0 N–H and O–H groups in total. The normalized spacial score (nSPS) is 10.6. The molecule has 0 aliphatic rings. The van der Waals surface area contributed by atoms with Crippen molar-refractivity contribution in [2.24, 2.45) is 0 Å². The molecule has 0 saturated heterocycles. The van der Waals surface area contributed by atoms with Gasteiger partial charge in [0.05, 0.1) is 13.5 Å². The molecule has 0 bridgehead atoms. The number of hydrogen-bond acceptors (Lipinski definition) is 3. The molecule has 0 fully saturated rings. The van der Waals surface area contributed by atoms with Crippen molar-refractivity contribution in [2.45, 2.75) is 18.7 Å². The monoisotopic (exact) mass is 249 g/mol. The molecule has 0 amide bonds. The first kappa shape index (κ1) is 12.8. The van der Waals surface area contributed by atoms with Crippen LogP contribution in [0.2, 0.25) is 0 Å². The number of methoxy groups -OCH3 is 1. The zero-order valence-electron chi connectivity index (χ0n) is 8.54. The lowest BCUT2D eigenvalue weighted by atomic mass is 10.0. The van der Waals surface area contributed by atoms with E-state index in [1.54, 1.807) is 0 Å². The third-order valence-electron chi connectivity index (χ3n) is 2.11. The Hall–Kier alpha value is -1.23. The van der Waals surface area contributed by atoms with Gasteiger partial charge in [-0.1, -0.05) is 0 Å². The van der Waals surface area contributed by atoms with Crippen LogP contribution in [0.15, 0.2) is 12.4 Å². The van der Waals surface area contributed by atoms with Crippen molar-refractivity contribution in [1.29, 1.82) is 0 Å². The van der Waals surface area contributed by atoms with E-state index in [1.165, 1.54) is 13.3 Å². The summed E-state index contributed by atoms with van der Waals surface area (Å²) in [5.41, 5.74) is 0.383. The van der Waals surface area contributed by atoms with Gasteiger partial charge in [-0.25, -0.2) is 8.78 Å². The molecule has 1 rings (SSSR count). The van der Waals surface area contributed by atoms with E-state index in [-0.39, 0.29) is 23.4 Å². The van der Waals surface area contributed by atoms with Gasteiger partial charge >= 0.3 is 5.97 Å². The first-order valence-corrected chi connectivity index (χ1v) is 5.00. The molecular formula is C10H10ClF2NO2. The zero-order valence-corrected chi connectivity index (χ0v) is 9.30. The number of rotatable bonds is 4. The van der Waals surface area contributed by atoms with Crippen molar-refractivity contribution >= 4 is 17.6 Å². The van der Waals surface area contributed by atoms with Crippen LogP contribution in [0.4, 0.5) is 8.78 Å². The van der Waals surface area contributed by atoms with Crippen molar-refractivity contribution in [1.82, 2.24) is 4.98 Å². The summed E-state index contributed by atoms with van der Waals surface area (Å²) in [6.45, 7) is 0. The fraction of sp³-hybridized carbons (Fsp3) is 0.400. The molecule has 16 heavy (non-hydrogen) atoms. The number of hydrogen-bond donors (Lipinski definition) is 0. The summed E-state index contributed by atoms with van der Waals surface area (Å²) in [5.74, 6) is -0.603. The fourth-order valence-corrected chi connectivity index (χ4v) is 1.61. The second kappa shape index (κ2) is 5.75. The molecule has 88 valence electrons. The van der Waals surface area contributed by atoms with Crippen molar-refractivity contribution < 1.29 is 18.3 Å².